The van der Waals surface area contributed by atoms with Gasteiger partial charge in [-0.15, -0.1) is 0 Å². The average molecular weight is 196 g/mol. The van der Waals surface area contributed by atoms with E-state index >= 15 is 0 Å². The van der Waals surface area contributed by atoms with Crippen molar-refractivity contribution in [2.45, 2.75) is 39.7 Å². The van der Waals surface area contributed by atoms with Gasteiger partial charge in [0.1, 0.15) is 0 Å². The van der Waals surface area contributed by atoms with Gasteiger partial charge in [0.2, 0.25) is 0 Å². The summed E-state index contributed by atoms with van der Waals surface area (Å²) in [5.74, 6) is 0.144. The third-order valence-corrected chi connectivity index (χ3v) is 2.48. The molecule has 0 saturated heterocycles. The molecule has 1 unspecified atom stereocenters. The molecule has 0 N–H and O–H groups in total. The third-order valence-electron chi connectivity index (χ3n) is 2.48. The number of halogens is 1. The fourth-order valence-electron chi connectivity index (χ4n) is 1.40. The lowest BCUT2D eigenvalue weighted by Gasteiger charge is -2.24. The van der Waals surface area contributed by atoms with Crippen LogP contribution in [0, 0.1) is 0 Å². The molecule has 0 aliphatic carbocycles. The van der Waals surface area contributed by atoms with Crippen molar-refractivity contribution in [2.75, 3.05) is 0 Å². The third kappa shape index (κ3) is 2.25. The first-order chi connectivity index (χ1) is 6.56. The van der Waals surface area contributed by atoms with Crippen molar-refractivity contribution < 1.29 is 9.13 Å². The topological polar surface area (TPSA) is 9.23 Å². The Balaban J connectivity index is 3.01. The van der Waals surface area contributed by atoms with Crippen LogP contribution in [0.5, 0.6) is 0 Å². The van der Waals surface area contributed by atoms with Gasteiger partial charge in [-0.05, 0) is 44.8 Å². The Morgan fingerprint density at radius 1 is 1.64 bits per heavy atom. The van der Waals surface area contributed by atoms with Gasteiger partial charge in [0.25, 0.3) is 0 Å². The van der Waals surface area contributed by atoms with E-state index in [9.17, 15) is 4.39 Å². The monoisotopic (exact) mass is 196 g/mol. The summed E-state index contributed by atoms with van der Waals surface area (Å²) in [5.41, 5.74) is 1.52. The van der Waals surface area contributed by atoms with E-state index in [1.54, 1.807) is 6.92 Å². The first kappa shape index (κ1) is 11.0. The Kier molecular flexibility index (Phi) is 3.50. The zero-order valence-corrected chi connectivity index (χ0v) is 9.06. The van der Waals surface area contributed by atoms with Crippen LogP contribution in [-0.2, 0) is 4.74 Å². The van der Waals surface area contributed by atoms with E-state index in [0.29, 0.717) is 11.3 Å². The molecule has 2 heteroatoms. The van der Waals surface area contributed by atoms with Crippen LogP contribution >= 0.6 is 0 Å². The molecule has 1 aliphatic rings. The van der Waals surface area contributed by atoms with Crippen LogP contribution in [0.1, 0.15) is 33.6 Å². The molecule has 1 heterocycles. The van der Waals surface area contributed by atoms with Gasteiger partial charge < -0.3 is 4.74 Å². The summed E-state index contributed by atoms with van der Waals surface area (Å²) in [7, 11) is 0. The van der Waals surface area contributed by atoms with Crippen molar-refractivity contribution in [2.24, 2.45) is 0 Å². The number of hydrogen-bond donors (Lipinski definition) is 0. The molecule has 78 valence electrons. The summed E-state index contributed by atoms with van der Waals surface area (Å²) in [4.78, 5) is 0. The van der Waals surface area contributed by atoms with Gasteiger partial charge in [-0.1, -0.05) is 12.7 Å². The van der Waals surface area contributed by atoms with Gasteiger partial charge >= 0.3 is 0 Å². The predicted molar refractivity (Wildman–Crippen MR) is 56.5 cm³/mol. The van der Waals surface area contributed by atoms with Crippen LogP contribution < -0.4 is 0 Å². The molecule has 0 aromatic heterocycles. The minimum absolute atomic E-state index is 0.108. The molecule has 1 rings (SSSR count). The number of hydrogen-bond acceptors (Lipinski definition) is 1. The second kappa shape index (κ2) is 4.45. The Morgan fingerprint density at radius 3 is 2.86 bits per heavy atom. The molecule has 0 bridgehead atoms. The molecule has 14 heavy (non-hydrogen) atoms. The Morgan fingerprint density at radius 2 is 2.29 bits per heavy atom. The summed E-state index contributed by atoms with van der Waals surface area (Å²) in [6.07, 6.45) is 3.50. The lowest BCUT2D eigenvalue weighted by atomic mass is 10.0. The summed E-state index contributed by atoms with van der Waals surface area (Å²) in [6.45, 7) is 9.12. The Bertz CT molecular complexity index is 299. The highest BCUT2D eigenvalue weighted by atomic mass is 19.1. The van der Waals surface area contributed by atoms with Crippen molar-refractivity contribution in [3.05, 3.63) is 35.4 Å². The van der Waals surface area contributed by atoms with Crippen molar-refractivity contribution >= 4 is 0 Å². The standard InChI is InChI=1S/C12H17FO/c1-5-8(2)11(13)12-9(3)6-7-10(4)14-12/h5,10H,1,6-7H2,2-4H3. The molecule has 0 aromatic carbocycles. The number of ether oxygens (including phenoxy) is 1. The van der Waals surface area contributed by atoms with Crippen molar-refractivity contribution in [1.29, 1.82) is 0 Å². The van der Waals surface area contributed by atoms with Gasteiger partial charge in [0.15, 0.2) is 11.6 Å². The number of allylic oxidation sites excluding steroid dienone is 4. The molecular formula is C12H17FO. The van der Waals surface area contributed by atoms with E-state index in [4.69, 9.17) is 4.74 Å². The molecule has 1 nitrogen and oxygen atoms in total. The summed E-state index contributed by atoms with van der Waals surface area (Å²) in [6, 6.07) is 0. The smallest absolute Gasteiger partial charge is 0.167 e. The summed E-state index contributed by atoms with van der Waals surface area (Å²) >= 11 is 0. The zero-order valence-electron chi connectivity index (χ0n) is 9.06. The quantitative estimate of drug-likeness (QED) is 0.609. The van der Waals surface area contributed by atoms with Gasteiger partial charge in [-0.3, -0.25) is 0 Å². The van der Waals surface area contributed by atoms with Crippen LogP contribution in [0.25, 0.3) is 0 Å². The second-order valence-electron chi connectivity index (χ2n) is 3.78. The van der Waals surface area contributed by atoms with Crippen molar-refractivity contribution in [3.63, 3.8) is 0 Å². The van der Waals surface area contributed by atoms with Crippen LogP contribution in [-0.4, -0.2) is 6.10 Å². The molecule has 0 aromatic rings. The molecule has 0 amide bonds. The normalized spacial score (nSPS) is 24.1. The lowest BCUT2D eigenvalue weighted by molar-refractivity contribution is 0.105. The summed E-state index contributed by atoms with van der Waals surface area (Å²) < 4.78 is 19.2. The largest absolute Gasteiger partial charge is 0.488 e. The minimum Gasteiger partial charge on any atom is -0.488 e. The second-order valence-corrected chi connectivity index (χ2v) is 3.78. The maximum absolute atomic E-state index is 13.7. The molecule has 0 saturated carbocycles. The van der Waals surface area contributed by atoms with Gasteiger partial charge in [-0.25, -0.2) is 4.39 Å². The molecule has 0 spiro atoms. The van der Waals surface area contributed by atoms with Crippen molar-refractivity contribution in [3.8, 4) is 0 Å². The van der Waals surface area contributed by atoms with Crippen LogP contribution in [0.2, 0.25) is 0 Å². The van der Waals surface area contributed by atoms with Crippen LogP contribution in [0.3, 0.4) is 0 Å². The fraction of sp³-hybridized carbons (Fsp3) is 0.500. The minimum atomic E-state index is -0.274. The Hall–Kier alpha value is -1.05. The molecular weight excluding hydrogens is 179 g/mol. The van der Waals surface area contributed by atoms with Crippen LogP contribution in [0.4, 0.5) is 4.39 Å². The highest BCUT2D eigenvalue weighted by Crippen LogP contribution is 2.30. The van der Waals surface area contributed by atoms with E-state index in [2.05, 4.69) is 6.58 Å². The van der Waals surface area contributed by atoms with E-state index in [-0.39, 0.29) is 11.9 Å². The van der Waals surface area contributed by atoms with Gasteiger partial charge in [0, 0.05) is 0 Å². The van der Waals surface area contributed by atoms with Crippen molar-refractivity contribution in [1.82, 2.24) is 0 Å². The molecule has 0 fully saturated rings. The number of rotatable bonds is 2. The maximum Gasteiger partial charge on any atom is 0.167 e. The van der Waals surface area contributed by atoms with E-state index in [0.717, 1.165) is 18.4 Å². The predicted octanol–water partition coefficient (Wildman–Crippen LogP) is 3.89. The van der Waals surface area contributed by atoms with E-state index in [1.807, 2.05) is 13.8 Å². The molecule has 1 aliphatic heterocycles. The SMILES string of the molecule is C=CC(C)=C(F)C1=C(C)CCC(C)O1. The maximum atomic E-state index is 13.7. The van der Waals surface area contributed by atoms with E-state index in [1.165, 1.54) is 6.08 Å². The van der Waals surface area contributed by atoms with Crippen LogP contribution in [0.15, 0.2) is 35.4 Å². The first-order valence-corrected chi connectivity index (χ1v) is 4.91. The average Bonchev–Trinajstić information content (AvgIpc) is 2.19. The zero-order chi connectivity index (χ0) is 10.7. The van der Waals surface area contributed by atoms with Gasteiger partial charge in [-0.2, -0.15) is 0 Å². The highest BCUT2D eigenvalue weighted by molar-refractivity contribution is 5.33. The Labute approximate surface area is 85.0 Å². The highest BCUT2D eigenvalue weighted by Gasteiger charge is 2.20. The summed E-state index contributed by atoms with van der Waals surface area (Å²) in [5, 5.41) is 0. The first-order valence-electron chi connectivity index (χ1n) is 4.91. The molecule has 0 radical (unpaired) electrons. The van der Waals surface area contributed by atoms with Gasteiger partial charge in [0.05, 0.1) is 6.10 Å². The fourth-order valence-corrected chi connectivity index (χ4v) is 1.40. The van der Waals surface area contributed by atoms with E-state index < -0.39 is 0 Å². The lowest BCUT2D eigenvalue weighted by Crippen LogP contribution is -2.15. The molecule has 1 atom stereocenters.